The Morgan fingerprint density at radius 1 is 0.705 bits per heavy atom. The maximum absolute atomic E-state index is 10.9. The Morgan fingerprint density at radius 3 is 2.02 bits per heavy atom. The fourth-order valence-corrected chi connectivity index (χ4v) is 6.85. The number of benzene rings is 4. The number of phenols is 1. The van der Waals surface area contributed by atoms with Crippen LogP contribution in [0.1, 0.15) is 83.6 Å². The summed E-state index contributed by atoms with van der Waals surface area (Å²) in [6.07, 6.45) is 1.91. The highest BCUT2D eigenvalue weighted by atomic mass is 32.1. The van der Waals surface area contributed by atoms with Gasteiger partial charge in [0.1, 0.15) is 10.8 Å². The van der Waals surface area contributed by atoms with E-state index < -0.39 is 0 Å². The van der Waals surface area contributed by atoms with Crippen molar-refractivity contribution in [2.75, 3.05) is 0 Å². The van der Waals surface area contributed by atoms with Crippen LogP contribution < -0.4 is 0 Å². The number of nitrogens with zero attached hydrogens (tertiary/aromatic N) is 2. The molecule has 0 aliphatic rings. The molecule has 4 aromatic carbocycles. The summed E-state index contributed by atoms with van der Waals surface area (Å²) in [7, 11) is 0. The summed E-state index contributed by atoms with van der Waals surface area (Å²) in [5.41, 5.74) is 12.3. The number of hydrogen-bond acceptors (Lipinski definition) is 4. The molecule has 1 N–H and O–H groups in total. The Kier molecular flexibility index (Phi) is 7.41. The normalized spacial score (nSPS) is 12.5. The number of aromatic hydroxyl groups is 1. The van der Waals surface area contributed by atoms with E-state index >= 15 is 0 Å². The molecule has 0 amide bonds. The predicted molar refractivity (Wildman–Crippen MR) is 189 cm³/mol. The number of thiazole rings is 1. The lowest BCUT2D eigenvalue weighted by Gasteiger charge is -2.22. The molecule has 0 unspecified atom stereocenters. The van der Waals surface area contributed by atoms with Crippen molar-refractivity contribution in [3.63, 3.8) is 0 Å². The van der Waals surface area contributed by atoms with Gasteiger partial charge in [0.25, 0.3) is 0 Å². The summed E-state index contributed by atoms with van der Waals surface area (Å²) in [5.74, 6) is 0.627. The molecule has 0 aliphatic carbocycles. The van der Waals surface area contributed by atoms with E-state index in [2.05, 4.69) is 123 Å². The number of fused-ring (bicyclic) bond motifs is 2. The maximum atomic E-state index is 10.9. The molecule has 44 heavy (non-hydrogen) atoms. The lowest BCUT2D eigenvalue weighted by molar-refractivity contribution is 0.476. The smallest absolute Gasteiger partial charge is 0.128 e. The highest BCUT2D eigenvalue weighted by Crippen LogP contribution is 2.43. The molecule has 6 aromatic rings. The van der Waals surface area contributed by atoms with Gasteiger partial charge in [-0.1, -0.05) is 79.7 Å². The summed E-state index contributed by atoms with van der Waals surface area (Å²) in [4.78, 5) is 10.1. The minimum absolute atomic E-state index is 0.00738. The first-order valence-corrected chi connectivity index (χ1v) is 16.3. The Balaban J connectivity index is 1.57. The molecule has 0 saturated carbocycles. The fraction of sp³-hybridized carbons (Fsp3) is 0.300. The van der Waals surface area contributed by atoms with Gasteiger partial charge < -0.3 is 5.11 Å². The van der Waals surface area contributed by atoms with Crippen LogP contribution in [-0.2, 0) is 10.8 Å². The van der Waals surface area contributed by atoms with Gasteiger partial charge in [-0.15, -0.1) is 11.3 Å². The molecule has 2 aromatic heterocycles. The zero-order chi connectivity index (χ0) is 31.6. The summed E-state index contributed by atoms with van der Waals surface area (Å²) >= 11 is 1.65. The lowest BCUT2D eigenvalue weighted by Crippen LogP contribution is -2.11. The molecule has 0 radical (unpaired) electrons. The van der Waals surface area contributed by atoms with Crippen LogP contribution in [0, 0.1) is 6.92 Å². The topological polar surface area (TPSA) is 46.0 Å². The largest absolute Gasteiger partial charge is 0.507 e. The lowest BCUT2D eigenvalue weighted by atomic mass is 9.83. The zero-order valence-corrected chi connectivity index (χ0v) is 28.1. The monoisotopic (exact) mass is 598 g/mol. The molecule has 2 heterocycles. The van der Waals surface area contributed by atoms with Crippen LogP contribution >= 0.6 is 11.3 Å². The van der Waals surface area contributed by atoms with Crippen LogP contribution in [0.25, 0.3) is 53.9 Å². The molecule has 0 atom stereocenters. The number of aryl methyl sites for hydroxylation is 1. The van der Waals surface area contributed by atoms with Gasteiger partial charge in [0, 0.05) is 22.7 Å². The Labute approximate surface area is 265 Å². The minimum atomic E-state index is -0.0304. The van der Waals surface area contributed by atoms with E-state index in [-0.39, 0.29) is 16.6 Å². The second-order valence-electron chi connectivity index (χ2n) is 14.4. The molecule has 0 spiro atoms. The van der Waals surface area contributed by atoms with E-state index in [0.29, 0.717) is 5.92 Å². The van der Waals surface area contributed by atoms with Gasteiger partial charge >= 0.3 is 0 Å². The molecule has 4 heteroatoms. The van der Waals surface area contributed by atoms with E-state index in [1.165, 1.54) is 27.6 Å². The second kappa shape index (κ2) is 10.9. The third-order valence-corrected chi connectivity index (χ3v) is 9.73. The van der Waals surface area contributed by atoms with Crippen molar-refractivity contribution in [1.29, 1.82) is 0 Å². The number of rotatable bonds is 4. The average Bonchev–Trinajstić information content (AvgIpc) is 3.39. The summed E-state index contributed by atoms with van der Waals surface area (Å²) in [6.45, 7) is 20.0. The van der Waals surface area contributed by atoms with Gasteiger partial charge in [0.05, 0.1) is 21.3 Å². The summed E-state index contributed by atoms with van der Waals surface area (Å²) < 4.78 is 1.13. The van der Waals surface area contributed by atoms with Crippen molar-refractivity contribution in [1.82, 2.24) is 9.97 Å². The van der Waals surface area contributed by atoms with E-state index in [9.17, 15) is 5.11 Å². The third-order valence-electron chi connectivity index (χ3n) is 8.69. The fourth-order valence-electron chi connectivity index (χ4n) is 5.79. The van der Waals surface area contributed by atoms with Gasteiger partial charge in [0.2, 0.25) is 0 Å². The van der Waals surface area contributed by atoms with E-state index in [1.54, 1.807) is 17.4 Å². The van der Waals surface area contributed by atoms with Crippen LogP contribution in [0.3, 0.4) is 0 Å². The van der Waals surface area contributed by atoms with Crippen molar-refractivity contribution < 1.29 is 5.11 Å². The molecule has 0 aliphatic heterocycles. The highest BCUT2D eigenvalue weighted by molar-refractivity contribution is 7.21. The van der Waals surface area contributed by atoms with Crippen LogP contribution in [0.5, 0.6) is 5.75 Å². The van der Waals surface area contributed by atoms with Gasteiger partial charge in [0.15, 0.2) is 0 Å². The van der Waals surface area contributed by atoms with Gasteiger partial charge in [-0.25, -0.2) is 4.98 Å². The SMILES string of the molecule is Cc1ccnc2c(-c3cccc(-c4cc(C(C)C)cc5sc(-c6cc(C(C)(C)C)ccc6O)nc45)c3)cc(C(C)(C)C)cc12. The van der Waals surface area contributed by atoms with Crippen molar-refractivity contribution in [2.24, 2.45) is 0 Å². The minimum Gasteiger partial charge on any atom is -0.507 e. The second-order valence-corrected chi connectivity index (χ2v) is 15.5. The Morgan fingerprint density at radius 2 is 1.36 bits per heavy atom. The quantitative estimate of drug-likeness (QED) is 0.219. The maximum Gasteiger partial charge on any atom is 0.128 e. The standard InChI is InChI=1S/C40H42N2OS/c1-23(2)27-18-31(37-35(19-27)44-38(42-37)33-20-28(39(4,5)6)13-14-34(33)43)25-11-10-12-26(17-25)32-22-29(40(7,8)9)21-30-24(3)15-16-41-36(30)32/h10-23,43H,1-9H3. The molecular formula is C40H42N2OS. The van der Waals surface area contributed by atoms with Crippen LogP contribution in [-0.4, -0.2) is 15.1 Å². The van der Waals surface area contributed by atoms with Gasteiger partial charge in [-0.3, -0.25) is 4.98 Å². The number of phenolic OH excluding ortho intramolecular Hbond substituents is 1. The first-order valence-electron chi connectivity index (χ1n) is 15.5. The zero-order valence-electron chi connectivity index (χ0n) is 27.3. The first-order chi connectivity index (χ1) is 20.7. The summed E-state index contributed by atoms with van der Waals surface area (Å²) in [6, 6.07) is 26.0. The third kappa shape index (κ3) is 5.52. The van der Waals surface area contributed by atoms with E-state index in [4.69, 9.17) is 9.97 Å². The summed E-state index contributed by atoms with van der Waals surface area (Å²) in [5, 5.41) is 13.0. The molecule has 6 rings (SSSR count). The number of hydrogen-bond donors (Lipinski definition) is 1. The number of pyridine rings is 1. The average molecular weight is 599 g/mol. The van der Waals surface area contributed by atoms with Crippen LogP contribution in [0.2, 0.25) is 0 Å². The van der Waals surface area contributed by atoms with Crippen molar-refractivity contribution in [2.45, 2.75) is 79.1 Å². The molecule has 0 bridgehead atoms. The Bertz CT molecular complexity index is 2040. The van der Waals surface area contributed by atoms with Crippen molar-refractivity contribution in [3.05, 3.63) is 101 Å². The molecule has 224 valence electrons. The predicted octanol–water partition coefficient (Wildman–Crippen LogP) is 11.6. The molecule has 0 saturated heterocycles. The first kappa shape index (κ1) is 30.0. The number of aromatic nitrogens is 2. The Hall–Kier alpha value is -4.02. The van der Waals surface area contributed by atoms with E-state index in [1.807, 2.05) is 12.3 Å². The van der Waals surface area contributed by atoms with Crippen LogP contribution in [0.4, 0.5) is 0 Å². The highest BCUT2D eigenvalue weighted by Gasteiger charge is 2.21. The van der Waals surface area contributed by atoms with E-state index in [0.717, 1.165) is 48.6 Å². The van der Waals surface area contributed by atoms with Crippen molar-refractivity contribution >= 4 is 32.5 Å². The van der Waals surface area contributed by atoms with Gasteiger partial charge in [-0.2, -0.15) is 0 Å². The van der Waals surface area contributed by atoms with Crippen molar-refractivity contribution in [3.8, 4) is 38.6 Å². The van der Waals surface area contributed by atoms with Gasteiger partial charge in [-0.05, 0) is 106 Å². The molecule has 3 nitrogen and oxygen atoms in total. The molecule has 0 fully saturated rings. The van der Waals surface area contributed by atoms with Crippen LogP contribution in [0.15, 0.2) is 79.0 Å². The molecular weight excluding hydrogens is 557 g/mol.